The number of benzene rings is 2. The molecular weight excluding hydrogens is 342 g/mol. The second kappa shape index (κ2) is 8.80. The normalized spacial score (nSPS) is 11.6. The highest BCUT2D eigenvalue weighted by atomic mass is 16.5. The maximum Gasteiger partial charge on any atom is 0.266 e. The molecule has 3 aromatic rings. The third-order valence-electron chi connectivity index (χ3n) is 3.98. The smallest absolute Gasteiger partial charge is 0.266 e. The molecule has 0 spiro atoms. The van der Waals surface area contributed by atoms with Crippen LogP contribution in [0.2, 0.25) is 0 Å². The minimum absolute atomic E-state index is 0.211. The number of nitrogens with one attached hydrogen (secondary N) is 1. The topological polar surface area (TPSA) is 73.2 Å². The lowest BCUT2D eigenvalue weighted by Gasteiger charge is -2.15. The molecule has 0 radical (unpaired) electrons. The molecular formula is C21H21N3O3. The van der Waals surface area contributed by atoms with Gasteiger partial charge in [-0.2, -0.15) is 5.10 Å². The molecule has 1 amide bonds. The summed E-state index contributed by atoms with van der Waals surface area (Å²) in [6.45, 7) is 2.25. The summed E-state index contributed by atoms with van der Waals surface area (Å²) in [6.07, 6.45) is -0.632. The minimum Gasteiger partial charge on any atom is -0.481 e. The van der Waals surface area contributed by atoms with Crippen LogP contribution in [-0.2, 0) is 11.3 Å². The summed E-state index contributed by atoms with van der Waals surface area (Å²) < 4.78 is 6.94. The van der Waals surface area contributed by atoms with Crippen LogP contribution in [0.1, 0.15) is 6.92 Å². The lowest BCUT2D eigenvalue weighted by Crippen LogP contribution is -2.39. The van der Waals surface area contributed by atoms with Crippen molar-refractivity contribution in [2.24, 2.45) is 0 Å². The van der Waals surface area contributed by atoms with Gasteiger partial charge in [-0.05, 0) is 25.1 Å². The number of carbonyl (C=O) groups is 1. The molecule has 3 rings (SSSR count). The number of nitrogens with zero attached hydrogens (tertiary/aromatic N) is 2. The van der Waals surface area contributed by atoms with Gasteiger partial charge in [0.05, 0.1) is 12.2 Å². The van der Waals surface area contributed by atoms with Gasteiger partial charge in [0.25, 0.3) is 11.5 Å². The van der Waals surface area contributed by atoms with Crippen LogP contribution in [-0.4, -0.2) is 28.3 Å². The number of hydrogen-bond acceptors (Lipinski definition) is 4. The van der Waals surface area contributed by atoms with Gasteiger partial charge in [0.1, 0.15) is 5.75 Å². The van der Waals surface area contributed by atoms with Crippen molar-refractivity contribution in [3.8, 4) is 17.0 Å². The summed E-state index contributed by atoms with van der Waals surface area (Å²) >= 11 is 0. The first-order chi connectivity index (χ1) is 13.1. The molecule has 2 aromatic carbocycles. The summed E-state index contributed by atoms with van der Waals surface area (Å²) in [5.41, 5.74) is 1.43. The van der Waals surface area contributed by atoms with Gasteiger partial charge in [-0.3, -0.25) is 9.59 Å². The van der Waals surface area contributed by atoms with Crippen molar-refractivity contribution in [1.29, 1.82) is 0 Å². The molecule has 0 saturated heterocycles. The second-order valence-corrected chi connectivity index (χ2v) is 6.01. The average molecular weight is 363 g/mol. The fourth-order valence-corrected chi connectivity index (χ4v) is 2.56. The maximum atomic E-state index is 12.2. The summed E-state index contributed by atoms with van der Waals surface area (Å²) in [4.78, 5) is 24.2. The van der Waals surface area contributed by atoms with Crippen molar-refractivity contribution < 1.29 is 9.53 Å². The number of para-hydroxylation sites is 1. The fourth-order valence-electron chi connectivity index (χ4n) is 2.56. The largest absolute Gasteiger partial charge is 0.481 e. The van der Waals surface area contributed by atoms with Gasteiger partial charge in [0, 0.05) is 18.2 Å². The van der Waals surface area contributed by atoms with Crippen molar-refractivity contribution in [1.82, 2.24) is 15.1 Å². The van der Waals surface area contributed by atoms with Crippen molar-refractivity contribution in [2.75, 3.05) is 6.54 Å². The van der Waals surface area contributed by atoms with E-state index in [-0.39, 0.29) is 24.6 Å². The summed E-state index contributed by atoms with van der Waals surface area (Å²) in [5.74, 6) is 0.389. The first-order valence-electron chi connectivity index (χ1n) is 8.76. The van der Waals surface area contributed by atoms with E-state index in [9.17, 15) is 9.59 Å². The lowest BCUT2D eigenvalue weighted by molar-refractivity contribution is -0.127. The Balaban J connectivity index is 1.57. The number of carbonyl (C=O) groups excluding carboxylic acids is 1. The van der Waals surface area contributed by atoms with Gasteiger partial charge < -0.3 is 10.1 Å². The number of ether oxygens (including phenoxy) is 1. The number of aromatic nitrogens is 2. The molecule has 1 atom stereocenters. The summed E-state index contributed by atoms with van der Waals surface area (Å²) in [6, 6.07) is 22.0. The van der Waals surface area contributed by atoms with E-state index in [4.69, 9.17) is 4.74 Å². The van der Waals surface area contributed by atoms with Crippen LogP contribution in [0.5, 0.6) is 5.75 Å². The quantitative estimate of drug-likeness (QED) is 0.700. The van der Waals surface area contributed by atoms with Crippen LogP contribution in [0.3, 0.4) is 0 Å². The van der Waals surface area contributed by atoms with Crippen molar-refractivity contribution in [3.05, 3.63) is 83.2 Å². The zero-order valence-corrected chi connectivity index (χ0v) is 15.0. The molecule has 6 heteroatoms. The Morgan fingerprint density at radius 2 is 1.70 bits per heavy atom. The van der Waals surface area contributed by atoms with E-state index < -0.39 is 6.10 Å². The Bertz CT molecular complexity index is 940. The van der Waals surface area contributed by atoms with Gasteiger partial charge in [0.2, 0.25) is 0 Å². The van der Waals surface area contributed by atoms with E-state index in [1.165, 1.54) is 10.7 Å². The highest BCUT2D eigenvalue weighted by molar-refractivity contribution is 5.80. The van der Waals surface area contributed by atoms with Crippen LogP contribution in [0.4, 0.5) is 0 Å². The highest BCUT2D eigenvalue weighted by Crippen LogP contribution is 2.14. The van der Waals surface area contributed by atoms with Crippen molar-refractivity contribution in [2.45, 2.75) is 19.6 Å². The Morgan fingerprint density at radius 3 is 2.41 bits per heavy atom. The Hall–Kier alpha value is -3.41. The van der Waals surface area contributed by atoms with Crippen LogP contribution >= 0.6 is 0 Å². The molecule has 6 nitrogen and oxygen atoms in total. The molecule has 0 aliphatic rings. The molecule has 1 heterocycles. The third-order valence-corrected chi connectivity index (χ3v) is 3.98. The predicted molar refractivity (Wildman–Crippen MR) is 103 cm³/mol. The van der Waals surface area contributed by atoms with Crippen LogP contribution < -0.4 is 15.6 Å². The minimum atomic E-state index is -0.632. The molecule has 0 bridgehead atoms. The van der Waals surface area contributed by atoms with E-state index in [0.29, 0.717) is 11.4 Å². The SMILES string of the molecule is CC(Oc1ccccc1)C(=O)NCCn1nc(-c2ccccc2)ccc1=O. The van der Waals surface area contributed by atoms with Crippen LogP contribution in [0, 0.1) is 0 Å². The fraction of sp³-hybridized carbons (Fsp3) is 0.190. The van der Waals surface area contributed by atoms with Gasteiger partial charge in [-0.1, -0.05) is 48.5 Å². The number of amides is 1. The van der Waals surface area contributed by atoms with Crippen molar-refractivity contribution >= 4 is 5.91 Å². The monoisotopic (exact) mass is 363 g/mol. The first kappa shape index (κ1) is 18.4. The van der Waals surface area contributed by atoms with E-state index in [1.54, 1.807) is 25.1 Å². The Labute approximate surface area is 157 Å². The molecule has 138 valence electrons. The molecule has 1 unspecified atom stereocenters. The van der Waals surface area contributed by atoms with Gasteiger partial charge in [0.15, 0.2) is 6.10 Å². The molecule has 1 N–H and O–H groups in total. The third kappa shape index (κ3) is 5.04. The first-order valence-corrected chi connectivity index (χ1v) is 8.76. The highest BCUT2D eigenvalue weighted by Gasteiger charge is 2.14. The Kier molecular flexibility index (Phi) is 5.99. The van der Waals surface area contributed by atoms with Crippen molar-refractivity contribution in [3.63, 3.8) is 0 Å². The molecule has 1 aromatic heterocycles. The predicted octanol–water partition coefficient (Wildman–Crippen LogP) is 2.49. The molecule has 27 heavy (non-hydrogen) atoms. The van der Waals surface area contributed by atoms with E-state index in [0.717, 1.165) is 5.56 Å². The summed E-state index contributed by atoms with van der Waals surface area (Å²) in [5, 5.41) is 7.15. The van der Waals surface area contributed by atoms with Crippen LogP contribution in [0.15, 0.2) is 77.6 Å². The zero-order valence-electron chi connectivity index (χ0n) is 15.0. The zero-order chi connectivity index (χ0) is 19.1. The Morgan fingerprint density at radius 1 is 1.04 bits per heavy atom. The number of hydrogen-bond donors (Lipinski definition) is 1. The van der Waals surface area contributed by atoms with E-state index in [1.807, 2.05) is 48.5 Å². The molecule has 0 fully saturated rings. The maximum absolute atomic E-state index is 12.2. The standard InChI is InChI=1S/C21H21N3O3/c1-16(27-18-10-6-3-7-11-18)21(26)22-14-15-24-20(25)13-12-19(23-24)17-8-4-2-5-9-17/h2-13,16H,14-15H2,1H3,(H,22,26). The van der Waals surface area contributed by atoms with Gasteiger partial charge in [-0.25, -0.2) is 4.68 Å². The van der Waals surface area contributed by atoms with E-state index in [2.05, 4.69) is 10.4 Å². The molecule has 0 saturated carbocycles. The molecule has 0 aliphatic heterocycles. The van der Waals surface area contributed by atoms with Gasteiger partial charge >= 0.3 is 0 Å². The summed E-state index contributed by atoms with van der Waals surface area (Å²) in [7, 11) is 0. The molecule has 0 aliphatic carbocycles. The van der Waals surface area contributed by atoms with Crippen LogP contribution in [0.25, 0.3) is 11.3 Å². The second-order valence-electron chi connectivity index (χ2n) is 6.01. The lowest BCUT2D eigenvalue weighted by atomic mass is 10.1. The average Bonchev–Trinajstić information content (AvgIpc) is 2.70. The van der Waals surface area contributed by atoms with Gasteiger partial charge in [-0.15, -0.1) is 0 Å². The number of rotatable bonds is 7. The van der Waals surface area contributed by atoms with E-state index >= 15 is 0 Å².